The van der Waals surface area contributed by atoms with Gasteiger partial charge in [-0.3, -0.25) is 13.8 Å². The average molecular weight is 729 g/mol. The Balaban J connectivity index is 4.04. The molecule has 0 aromatic heterocycles. The lowest BCUT2D eigenvalue weighted by Gasteiger charge is -2.23. The van der Waals surface area contributed by atoms with Crippen LogP contribution in [0.2, 0.25) is 0 Å². The van der Waals surface area contributed by atoms with Crippen LogP contribution in [-0.4, -0.2) is 47.8 Å². The van der Waals surface area contributed by atoms with Crippen molar-refractivity contribution in [1.82, 2.24) is 5.32 Å². The molecule has 9 heteroatoms. The molecule has 3 atom stereocenters. The lowest BCUT2D eigenvalue weighted by atomic mass is 10.0. The van der Waals surface area contributed by atoms with E-state index in [0.29, 0.717) is 6.42 Å². The fraction of sp³-hybridized carbons (Fsp3) is 0.878. The van der Waals surface area contributed by atoms with E-state index in [1.54, 1.807) is 6.08 Å². The minimum absolute atomic E-state index is 0.0754. The van der Waals surface area contributed by atoms with Crippen LogP contribution >= 0.6 is 7.82 Å². The van der Waals surface area contributed by atoms with Gasteiger partial charge in [0.25, 0.3) is 0 Å². The molecule has 0 radical (unpaired) electrons. The maximum atomic E-state index is 12.7. The number of amides is 1. The first-order valence-corrected chi connectivity index (χ1v) is 22.5. The highest BCUT2D eigenvalue weighted by Crippen LogP contribution is 2.43. The molecule has 5 N–H and O–H groups in total. The van der Waals surface area contributed by atoms with Gasteiger partial charge in [-0.25, -0.2) is 4.57 Å². The van der Waals surface area contributed by atoms with Crippen molar-refractivity contribution in [3.8, 4) is 0 Å². The Morgan fingerprint density at radius 1 is 0.640 bits per heavy atom. The molecule has 0 aromatic rings. The number of carbonyl (C=O) groups is 1. The van der Waals surface area contributed by atoms with Crippen molar-refractivity contribution < 1.29 is 28.4 Å². The van der Waals surface area contributed by atoms with Gasteiger partial charge in [0.15, 0.2) is 0 Å². The van der Waals surface area contributed by atoms with Gasteiger partial charge < -0.3 is 21.1 Å². The average Bonchev–Trinajstić information content (AvgIpc) is 3.10. The summed E-state index contributed by atoms with van der Waals surface area (Å²) in [6.07, 6.45) is 42.5. The number of aliphatic hydroxyl groups excluding tert-OH is 1. The number of rotatable bonds is 39. The van der Waals surface area contributed by atoms with Crippen LogP contribution < -0.4 is 11.1 Å². The molecule has 0 heterocycles. The number of hydrogen-bond donors (Lipinski definition) is 4. The molecule has 0 rings (SSSR count). The number of phosphoric ester groups is 1. The summed E-state index contributed by atoms with van der Waals surface area (Å²) in [5, 5.41) is 13.5. The molecule has 0 aliphatic carbocycles. The number of carbonyl (C=O) groups excluding carboxylic acids is 1. The molecule has 50 heavy (non-hydrogen) atoms. The Kier molecular flexibility index (Phi) is 37.0. The van der Waals surface area contributed by atoms with Gasteiger partial charge >= 0.3 is 7.82 Å². The molecule has 0 fully saturated rings. The SMILES string of the molecule is CCCCC/C=C/CC/C=C/C(O)C(COP(=O)(O)OCCN)NC(=O)CCCCCCCCCCCCCCCCCCCCCCCC. The number of allylic oxidation sites excluding steroid dienone is 3. The largest absolute Gasteiger partial charge is 0.472 e. The Morgan fingerprint density at radius 3 is 1.54 bits per heavy atom. The number of phosphoric acid groups is 1. The molecule has 8 nitrogen and oxygen atoms in total. The Bertz CT molecular complexity index is 840. The number of unbranched alkanes of at least 4 members (excludes halogenated alkanes) is 25. The molecular formula is C41H81N2O6P. The van der Waals surface area contributed by atoms with Gasteiger partial charge in [0, 0.05) is 13.0 Å². The van der Waals surface area contributed by atoms with Crippen LogP contribution in [-0.2, 0) is 18.4 Å². The third-order valence-electron chi connectivity index (χ3n) is 9.28. The molecule has 0 bridgehead atoms. The van der Waals surface area contributed by atoms with E-state index in [1.165, 1.54) is 141 Å². The number of nitrogens with one attached hydrogen (secondary N) is 1. The standard InChI is InChI=1S/C41H81N2O6P/c1-3-5-7-9-11-13-14-15-16-17-18-19-20-21-22-23-24-25-27-29-31-33-35-41(45)43-39(38-49-50(46,47)48-37-36-42)40(44)34-32-30-28-26-12-10-8-6-4-2/h12,26,32,34,39-40,44H,3-11,13-25,27-31,33,35-38,42H2,1-2H3,(H,43,45)(H,46,47)/b26-12+,34-32+. The normalized spacial score (nSPS) is 14.4. The van der Waals surface area contributed by atoms with Gasteiger partial charge in [0.1, 0.15) is 0 Å². The first-order valence-electron chi connectivity index (χ1n) is 21.0. The third-order valence-corrected chi connectivity index (χ3v) is 10.3. The maximum absolute atomic E-state index is 12.7. The van der Waals surface area contributed by atoms with Crippen molar-refractivity contribution in [2.45, 2.75) is 212 Å². The van der Waals surface area contributed by atoms with E-state index >= 15 is 0 Å². The van der Waals surface area contributed by atoms with E-state index in [4.69, 9.17) is 14.8 Å². The zero-order chi connectivity index (χ0) is 36.8. The summed E-state index contributed by atoms with van der Waals surface area (Å²) in [4.78, 5) is 22.6. The van der Waals surface area contributed by atoms with Crippen molar-refractivity contribution in [3.63, 3.8) is 0 Å². The fourth-order valence-corrected chi connectivity index (χ4v) is 6.85. The van der Waals surface area contributed by atoms with Crippen LogP contribution in [0.5, 0.6) is 0 Å². The zero-order valence-electron chi connectivity index (χ0n) is 32.6. The second-order valence-electron chi connectivity index (χ2n) is 14.2. The zero-order valence-corrected chi connectivity index (χ0v) is 33.5. The molecule has 0 aliphatic rings. The first-order chi connectivity index (χ1) is 24.4. The summed E-state index contributed by atoms with van der Waals surface area (Å²) >= 11 is 0. The predicted molar refractivity (Wildman–Crippen MR) is 212 cm³/mol. The summed E-state index contributed by atoms with van der Waals surface area (Å²) in [6, 6.07) is -0.870. The third kappa shape index (κ3) is 35.4. The predicted octanol–water partition coefficient (Wildman–Crippen LogP) is 11.4. The van der Waals surface area contributed by atoms with Crippen molar-refractivity contribution in [1.29, 1.82) is 0 Å². The highest BCUT2D eigenvalue weighted by Gasteiger charge is 2.26. The van der Waals surface area contributed by atoms with E-state index in [2.05, 4.69) is 31.3 Å². The molecular weight excluding hydrogens is 647 g/mol. The summed E-state index contributed by atoms with van der Waals surface area (Å²) < 4.78 is 22.0. The summed E-state index contributed by atoms with van der Waals surface area (Å²) in [7, 11) is -4.33. The molecule has 0 aromatic carbocycles. The monoisotopic (exact) mass is 729 g/mol. The van der Waals surface area contributed by atoms with E-state index < -0.39 is 20.0 Å². The van der Waals surface area contributed by atoms with Crippen LogP contribution in [0, 0.1) is 0 Å². The molecule has 0 spiro atoms. The highest BCUT2D eigenvalue weighted by molar-refractivity contribution is 7.47. The first kappa shape index (κ1) is 49.0. The van der Waals surface area contributed by atoms with E-state index in [-0.39, 0.29) is 25.7 Å². The van der Waals surface area contributed by atoms with Gasteiger partial charge in [-0.2, -0.15) is 0 Å². The Morgan fingerprint density at radius 2 is 1.06 bits per heavy atom. The Hall–Kier alpha value is -1.02. The van der Waals surface area contributed by atoms with Crippen LogP contribution in [0.15, 0.2) is 24.3 Å². The van der Waals surface area contributed by atoms with Gasteiger partial charge in [-0.05, 0) is 32.1 Å². The van der Waals surface area contributed by atoms with Crippen molar-refractivity contribution in [2.75, 3.05) is 19.8 Å². The molecule has 296 valence electrons. The molecule has 0 aliphatic heterocycles. The maximum Gasteiger partial charge on any atom is 0.472 e. The molecule has 1 amide bonds. The Labute approximate surface area is 308 Å². The van der Waals surface area contributed by atoms with Crippen LogP contribution in [0.3, 0.4) is 0 Å². The summed E-state index contributed by atoms with van der Waals surface area (Å²) in [6.45, 7) is 4.07. The van der Waals surface area contributed by atoms with E-state index in [0.717, 1.165) is 38.5 Å². The number of aliphatic hydroxyl groups is 1. The smallest absolute Gasteiger partial charge is 0.387 e. The van der Waals surface area contributed by atoms with Gasteiger partial charge in [-0.15, -0.1) is 0 Å². The van der Waals surface area contributed by atoms with Crippen LogP contribution in [0.4, 0.5) is 0 Å². The van der Waals surface area contributed by atoms with Crippen molar-refractivity contribution in [2.24, 2.45) is 5.73 Å². The molecule has 0 saturated heterocycles. The summed E-state index contributed by atoms with van der Waals surface area (Å²) in [5.74, 6) is -0.204. The lowest BCUT2D eigenvalue weighted by molar-refractivity contribution is -0.123. The quantitative estimate of drug-likeness (QED) is 0.0281. The molecule has 0 saturated carbocycles. The second-order valence-corrected chi connectivity index (χ2v) is 15.7. The van der Waals surface area contributed by atoms with Crippen LogP contribution in [0.25, 0.3) is 0 Å². The number of hydrogen-bond acceptors (Lipinski definition) is 6. The number of nitrogens with two attached hydrogens (primary N) is 1. The van der Waals surface area contributed by atoms with Crippen molar-refractivity contribution in [3.05, 3.63) is 24.3 Å². The lowest BCUT2D eigenvalue weighted by Crippen LogP contribution is -2.45. The van der Waals surface area contributed by atoms with Gasteiger partial charge in [-0.1, -0.05) is 186 Å². The highest BCUT2D eigenvalue weighted by atomic mass is 31.2. The van der Waals surface area contributed by atoms with Gasteiger partial charge in [0.2, 0.25) is 5.91 Å². The van der Waals surface area contributed by atoms with E-state index in [9.17, 15) is 19.4 Å². The minimum Gasteiger partial charge on any atom is -0.387 e. The van der Waals surface area contributed by atoms with E-state index in [1.807, 2.05) is 6.08 Å². The fourth-order valence-electron chi connectivity index (χ4n) is 6.09. The molecule has 3 unspecified atom stereocenters. The van der Waals surface area contributed by atoms with Crippen molar-refractivity contribution >= 4 is 13.7 Å². The van der Waals surface area contributed by atoms with Crippen LogP contribution in [0.1, 0.15) is 200 Å². The minimum atomic E-state index is -4.33. The summed E-state index contributed by atoms with van der Waals surface area (Å²) in [5.41, 5.74) is 5.35. The van der Waals surface area contributed by atoms with Gasteiger partial charge in [0.05, 0.1) is 25.4 Å². The second kappa shape index (κ2) is 37.7. The topological polar surface area (TPSA) is 131 Å².